The molecule has 0 fully saturated rings. The summed E-state index contributed by atoms with van der Waals surface area (Å²) in [6.45, 7) is 9.41. The second kappa shape index (κ2) is 11.4. The number of fused-ring (bicyclic) bond motifs is 1. The topological polar surface area (TPSA) is 73.2 Å². The summed E-state index contributed by atoms with van der Waals surface area (Å²) >= 11 is 1.49. The van der Waals surface area contributed by atoms with Gasteiger partial charge in [-0.3, -0.25) is 14.2 Å². The van der Waals surface area contributed by atoms with Crippen LogP contribution in [0.4, 0.5) is 5.69 Å². The van der Waals surface area contributed by atoms with Crippen LogP contribution in [0.5, 0.6) is 0 Å². The first kappa shape index (κ1) is 24.8. The highest BCUT2D eigenvalue weighted by molar-refractivity contribution is 8.01. The number of nitrogens with one attached hydrogen (secondary N) is 1. The predicted molar refractivity (Wildman–Crippen MR) is 136 cm³/mol. The summed E-state index contributed by atoms with van der Waals surface area (Å²) in [7, 11) is 0. The van der Waals surface area contributed by atoms with Crippen molar-refractivity contribution in [3.05, 3.63) is 64.7 Å². The molecule has 0 atom stereocenters. The van der Waals surface area contributed by atoms with Crippen LogP contribution in [0.3, 0.4) is 0 Å². The van der Waals surface area contributed by atoms with Gasteiger partial charge in [-0.15, -0.1) is 11.8 Å². The molecule has 2 aromatic carbocycles. The molecule has 176 valence electrons. The van der Waals surface area contributed by atoms with Gasteiger partial charge in [0, 0.05) is 30.1 Å². The summed E-state index contributed by atoms with van der Waals surface area (Å²) in [5, 5.41) is 4.09. The molecule has 1 aromatic heterocycles. The van der Waals surface area contributed by atoms with Crippen LogP contribution in [-0.2, 0) is 22.5 Å². The average Bonchev–Trinajstić information content (AvgIpc) is 2.79. The Morgan fingerprint density at radius 2 is 1.85 bits per heavy atom. The van der Waals surface area contributed by atoms with Crippen LogP contribution >= 0.6 is 11.8 Å². The van der Waals surface area contributed by atoms with Gasteiger partial charge in [-0.05, 0) is 70.0 Å². The molecule has 0 amide bonds. The lowest BCUT2D eigenvalue weighted by molar-refractivity contribution is -0.145. The van der Waals surface area contributed by atoms with E-state index < -0.39 is 4.75 Å². The number of hydrogen-bond donors (Lipinski definition) is 1. The maximum Gasteiger partial charge on any atom is 0.321 e. The normalized spacial score (nSPS) is 11.5. The van der Waals surface area contributed by atoms with Crippen LogP contribution in [0.25, 0.3) is 10.9 Å². The second-order valence-corrected chi connectivity index (χ2v) is 10.1. The fraction of sp³-hybridized carbons (Fsp3) is 0.423. The number of carbonyl (C=O) groups excluding carboxylic acids is 1. The number of para-hydroxylation sites is 1. The minimum atomic E-state index is -0.637. The van der Waals surface area contributed by atoms with Crippen molar-refractivity contribution in [1.29, 1.82) is 0 Å². The van der Waals surface area contributed by atoms with Crippen molar-refractivity contribution in [3.8, 4) is 0 Å². The van der Waals surface area contributed by atoms with Crippen molar-refractivity contribution in [2.45, 2.75) is 63.1 Å². The highest BCUT2D eigenvalue weighted by atomic mass is 32.2. The number of anilines is 1. The fourth-order valence-electron chi connectivity index (χ4n) is 3.61. The molecule has 3 aromatic rings. The van der Waals surface area contributed by atoms with E-state index in [9.17, 15) is 9.59 Å². The number of rotatable bonds is 11. The fourth-order valence-corrected chi connectivity index (χ4v) is 4.61. The number of ether oxygens (including phenoxy) is 1. The van der Waals surface area contributed by atoms with Gasteiger partial charge < -0.3 is 10.1 Å². The maximum absolute atomic E-state index is 13.0. The standard InChI is InChI=1S/C26H33N3O3S/c1-5-10-23-28-22-12-8-7-11-21(22)24(30)29(23)18-9-17-27-19-13-15-20(16-14-19)33-26(3,4)25(31)32-6-2/h7-8,11-16,27H,5-6,9-10,17-18H2,1-4H3. The predicted octanol–water partition coefficient (Wildman–Crippen LogP) is 5.29. The third-order valence-corrected chi connectivity index (χ3v) is 6.48. The van der Waals surface area contributed by atoms with E-state index in [1.165, 1.54) is 11.8 Å². The van der Waals surface area contributed by atoms with Gasteiger partial charge in [0.25, 0.3) is 5.56 Å². The zero-order valence-electron chi connectivity index (χ0n) is 19.9. The summed E-state index contributed by atoms with van der Waals surface area (Å²) in [4.78, 5) is 30.8. The Morgan fingerprint density at radius 1 is 1.12 bits per heavy atom. The minimum absolute atomic E-state index is 0.0367. The zero-order valence-corrected chi connectivity index (χ0v) is 20.7. The number of esters is 1. The lowest BCUT2D eigenvalue weighted by atomic mass is 10.2. The number of benzene rings is 2. The molecule has 1 N–H and O–H groups in total. The number of nitrogens with zero attached hydrogens (tertiary/aromatic N) is 2. The van der Waals surface area contributed by atoms with Gasteiger partial charge in [-0.2, -0.15) is 0 Å². The third kappa shape index (κ3) is 6.38. The molecule has 0 bridgehead atoms. The van der Waals surface area contributed by atoms with E-state index in [4.69, 9.17) is 9.72 Å². The molecule has 0 aliphatic heterocycles. The van der Waals surface area contributed by atoms with Crippen molar-refractivity contribution in [2.75, 3.05) is 18.5 Å². The lowest BCUT2D eigenvalue weighted by Crippen LogP contribution is -2.29. The molecule has 33 heavy (non-hydrogen) atoms. The Morgan fingerprint density at radius 3 is 2.55 bits per heavy atom. The number of carbonyl (C=O) groups is 1. The Kier molecular flexibility index (Phi) is 8.55. The smallest absolute Gasteiger partial charge is 0.321 e. The van der Waals surface area contributed by atoms with Gasteiger partial charge in [-0.1, -0.05) is 19.1 Å². The van der Waals surface area contributed by atoms with E-state index in [-0.39, 0.29) is 11.5 Å². The number of aromatic nitrogens is 2. The van der Waals surface area contributed by atoms with Gasteiger partial charge in [0.1, 0.15) is 10.6 Å². The largest absolute Gasteiger partial charge is 0.465 e. The van der Waals surface area contributed by atoms with Gasteiger partial charge in [0.2, 0.25) is 0 Å². The summed E-state index contributed by atoms with van der Waals surface area (Å²) in [6.07, 6.45) is 2.54. The van der Waals surface area contributed by atoms with E-state index in [1.54, 1.807) is 0 Å². The Hall–Kier alpha value is -2.80. The summed E-state index contributed by atoms with van der Waals surface area (Å²) in [5.74, 6) is 0.643. The number of hydrogen-bond acceptors (Lipinski definition) is 6. The first-order chi connectivity index (χ1) is 15.9. The first-order valence-electron chi connectivity index (χ1n) is 11.5. The molecular weight excluding hydrogens is 434 g/mol. The Labute approximate surface area is 199 Å². The monoisotopic (exact) mass is 467 g/mol. The molecule has 0 saturated heterocycles. The number of aryl methyl sites for hydroxylation is 1. The van der Waals surface area contributed by atoms with Crippen molar-refractivity contribution in [1.82, 2.24) is 9.55 Å². The van der Waals surface area contributed by atoms with Crippen LogP contribution in [0.15, 0.2) is 58.2 Å². The molecule has 7 heteroatoms. The van der Waals surface area contributed by atoms with Crippen LogP contribution < -0.4 is 10.9 Å². The van der Waals surface area contributed by atoms with Crippen molar-refractivity contribution < 1.29 is 9.53 Å². The summed E-state index contributed by atoms with van der Waals surface area (Å²) < 4.78 is 6.35. The molecule has 1 heterocycles. The Balaban J connectivity index is 1.59. The third-order valence-electron chi connectivity index (χ3n) is 5.30. The average molecular weight is 468 g/mol. The van der Waals surface area contributed by atoms with Crippen molar-refractivity contribution >= 4 is 34.3 Å². The lowest BCUT2D eigenvalue weighted by Gasteiger charge is -2.21. The highest BCUT2D eigenvalue weighted by Crippen LogP contribution is 2.34. The Bertz CT molecular complexity index is 1140. The van der Waals surface area contributed by atoms with E-state index >= 15 is 0 Å². The van der Waals surface area contributed by atoms with Crippen LogP contribution in [0, 0.1) is 0 Å². The van der Waals surface area contributed by atoms with Crippen LogP contribution in [0.2, 0.25) is 0 Å². The SMILES string of the molecule is CCCc1nc2ccccc2c(=O)n1CCCNc1ccc(SC(C)(C)C(=O)OCC)cc1. The second-order valence-electron chi connectivity index (χ2n) is 8.39. The molecule has 3 rings (SSSR count). The van der Waals surface area contributed by atoms with Crippen molar-refractivity contribution in [2.24, 2.45) is 0 Å². The molecular formula is C26H33N3O3S. The minimum Gasteiger partial charge on any atom is -0.465 e. The molecule has 0 unspecified atom stereocenters. The summed E-state index contributed by atoms with van der Waals surface area (Å²) in [5.41, 5.74) is 1.81. The van der Waals surface area contributed by atoms with Crippen LogP contribution in [0.1, 0.15) is 46.4 Å². The highest BCUT2D eigenvalue weighted by Gasteiger charge is 2.30. The van der Waals surface area contributed by atoms with Crippen molar-refractivity contribution in [3.63, 3.8) is 0 Å². The van der Waals surface area contributed by atoms with E-state index in [0.29, 0.717) is 18.5 Å². The van der Waals surface area contributed by atoms with E-state index in [1.807, 2.05) is 73.9 Å². The molecule has 6 nitrogen and oxygen atoms in total. The molecule has 0 radical (unpaired) electrons. The van der Waals surface area contributed by atoms with E-state index in [0.717, 1.165) is 47.7 Å². The van der Waals surface area contributed by atoms with Gasteiger partial charge in [-0.25, -0.2) is 4.98 Å². The number of thioether (sulfide) groups is 1. The summed E-state index contributed by atoms with van der Waals surface area (Å²) in [6, 6.07) is 15.6. The molecule has 0 spiro atoms. The molecule has 0 aliphatic rings. The first-order valence-corrected chi connectivity index (χ1v) is 12.4. The quantitative estimate of drug-likeness (QED) is 0.235. The molecule has 0 saturated carbocycles. The van der Waals surface area contributed by atoms with E-state index in [2.05, 4.69) is 12.2 Å². The maximum atomic E-state index is 13.0. The van der Waals surface area contributed by atoms with Gasteiger partial charge >= 0.3 is 5.97 Å². The molecule has 0 aliphatic carbocycles. The van der Waals surface area contributed by atoms with Gasteiger partial charge in [0.15, 0.2) is 0 Å². The van der Waals surface area contributed by atoms with Crippen LogP contribution in [-0.4, -0.2) is 33.4 Å². The zero-order chi connectivity index (χ0) is 23.8. The van der Waals surface area contributed by atoms with Gasteiger partial charge in [0.05, 0.1) is 17.5 Å².